The first-order valence-corrected chi connectivity index (χ1v) is 13.6. The van der Waals surface area contributed by atoms with Crippen molar-refractivity contribution in [1.29, 1.82) is 0 Å². The molecule has 8 atom stereocenters. The zero-order valence-corrected chi connectivity index (χ0v) is 21.4. The molecule has 2 fully saturated rings. The van der Waals surface area contributed by atoms with Gasteiger partial charge in [-0.1, -0.05) is 64.0 Å². The summed E-state index contributed by atoms with van der Waals surface area (Å²) in [6, 6.07) is 0. The molecule has 0 amide bonds. The molecule has 3 aliphatic rings. The Balaban J connectivity index is 1.74. The molecule has 3 rings (SSSR count). The van der Waals surface area contributed by atoms with E-state index in [1.54, 1.807) is 0 Å². The number of carbonyl (C=O) groups is 1. The summed E-state index contributed by atoms with van der Waals surface area (Å²) in [5, 5.41) is 10.4. The number of carbonyl (C=O) groups excluding carboxylic acids is 1. The third-order valence-electron chi connectivity index (χ3n) is 7.25. The van der Waals surface area contributed by atoms with Gasteiger partial charge in [-0.15, -0.1) is 0 Å². The smallest absolute Gasteiger partial charge is 0.309 e. The Labute approximate surface area is 206 Å². The molecule has 3 heterocycles. The second-order valence-electron chi connectivity index (χ2n) is 10.6. The van der Waals surface area contributed by atoms with Crippen LogP contribution in [-0.4, -0.2) is 47.7 Å². The molecule has 0 saturated carbocycles. The molecule has 0 aromatic rings. The van der Waals surface area contributed by atoms with Gasteiger partial charge in [-0.3, -0.25) is 4.79 Å². The van der Waals surface area contributed by atoms with Crippen LogP contribution >= 0.6 is 0 Å². The van der Waals surface area contributed by atoms with E-state index in [1.165, 1.54) is 19.3 Å². The molecule has 4 bridgehead atoms. The maximum Gasteiger partial charge on any atom is 0.309 e. The highest BCUT2D eigenvalue weighted by atomic mass is 16.6. The number of ether oxygens (including phenoxy) is 3. The van der Waals surface area contributed by atoms with Crippen LogP contribution in [0.25, 0.3) is 0 Å². The fraction of sp³-hybridized carbons (Fsp3) is 0.759. The Morgan fingerprint density at radius 2 is 1.71 bits per heavy atom. The topological polar surface area (TPSA) is 65.0 Å². The summed E-state index contributed by atoms with van der Waals surface area (Å²) in [4.78, 5) is 12.9. The van der Waals surface area contributed by atoms with E-state index in [1.807, 2.05) is 18.2 Å². The van der Waals surface area contributed by atoms with Crippen molar-refractivity contribution in [1.82, 2.24) is 0 Å². The first-order chi connectivity index (χ1) is 16.4. The molecule has 0 spiro atoms. The van der Waals surface area contributed by atoms with E-state index in [9.17, 15) is 9.90 Å². The number of esters is 1. The average Bonchev–Trinajstić information content (AvgIpc) is 2.78. The number of hydrogen-bond donors (Lipinski definition) is 1. The lowest BCUT2D eigenvalue weighted by Crippen LogP contribution is -2.40. The van der Waals surface area contributed by atoms with Crippen molar-refractivity contribution in [3.63, 3.8) is 0 Å². The Morgan fingerprint density at radius 1 is 0.971 bits per heavy atom. The molecule has 0 aromatic carbocycles. The zero-order valence-electron chi connectivity index (χ0n) is 21.4. The summed E-state index contributed by atoms with van der Waals surface area (Å²) >= 11 is 0. The van der Waals surface area contributed by atoms with Crippen LogP contribution in [0.1, 0.15) is 91.4 Å². The molecule has 0 aromatic heterocycles. The summed E-state index contributed by atoms with van der Waals surface area (Å²) in [5.74, 6) is 0.188. The highest BCUT2D eigenvalue weighted by Gasteiger charge is 2.34. The number of cyclic esters (lactones) is 1. The summed E-state index contributed by atoms with van der Waals surface area (Å²) in [6.45, 7) is 6.52. The molecule has 7 unspecified atom stereocenters. The maximum atomic E-state index is 12.9. The van der Waals surface area contributed by atoms with Gasteiger partial charge in [0.2, 0.25) is 0 Å². The van der Waals surface area contributed by atoms with Crippen molar-refractivity contribution in [3.8, 4) is 0 Å². The van der Waals surface area contributed by atoms with Crippen molar-refractivity contribution >= 4 is 5.97 Å². The fourth-order valence-electron chi connectivity index (χ4n) is 5.34. The van der Waals surface area contributed by atoms with Crippen molar-refractivity contribution in [2.24, 2.45) is 11.8 Å². The quantitative estimate of drug-likeness (QED) is 0.227. The maximum absolute atomic E-state index is 12.9. The second-order valence-corrected chi connectivity index (χ2v) is 10.6. The third kappa shape index (κ3) is 9.31. The largest absolute Gasteiger partial charge is 0.457 e. The lowest BCUT2D eigenvalue weighted by atomic mass is 9.90. The van der Waals surface area contributed by atoms with Gasteiger partial charge in [0.1, 0.15) is 6.10 Å². The Bertz CT molecular complexity index is 699. The predicted molar refractivity (Wildman–Crippen MR) is 135 cm³/mol. The van der Waals surface area contributed by atoms with Gasteiger partial charge >= 0.3 is 5.97 Å². The van der Waals surface area contributed by atoms with E-state index in [0.29, 0.717) is 18.8 Å². The van der Waals surface area contributed by atoms with Gasteiger partial charge in [0.05, 0.1) is 36.9 Å². The average molecular weight is 475 g/mol. The minimum absolute atomic E-state index is 0.0604. The third-order valence-corrected chi connectivity index (χ3v) is 7.25. The first-order valence-electron chi connectivity index (χ1n) is 13.6. The van der Waals surface area contributed by atoms with Crippen molar-refractivity contribution in [2.45, 2.75) is 128 Å². The number of fused-ring (bicyclic) bond motifs is 4. The van der Waals surface area contributed by atoms with Gasteiger partial charge in [-0.2, -0.15) is 0 Å². The van der Waals surface area contributed by atoms with E-state index in [4.69, 9.17) is 14.2 Å². The van der Waals surface area contributed by atoms with Crippen LogP contribution in [0.2, 0.25) is 0 Å². The lowest BCUT2D eigenvalue weighted by Gasteiger charge is -2.37. The predicted octanol–water partition coefficient (Wildman–Crippen LogP) is 6.06. The van der Waals surface area contributed by atoms with Crippen molar-refractivity contribution in [3.05, 3.63) is 36.5 Å². The number of rotatable bonds is 5. The summed E-state index contributed by atoms with van der Waals surface area (Å²) < 4.78 is 18.6. The number of aliphatic hydroxyl groups is 1. The highest BCUT2D eigenvalue weighted by Crippen LogP contribution is 2.31. The Morgan fingerprint density at radius 3 is 2.50 bits per heavy atom. The normalized spacial score (nSPS) is 39.2. The fourth-order valence-corrected chi connectivity index (χ4v) is 5.34. The van der Waals surface area contributed by atoms with E-state index < -0.39 is 6.10 Å². The van der Waals surface area contributed by atoms with Crippen molar-refractivity contribution in [2.75, 3.05) is 0 Å². The summed E-state index contributed by atoms with van der Waals surface area (Å²) in [7, 11) is 0. The summed E-state index contributed by atoms with van der Waals surface area (Å²) in [6.07, 6.45) is 21.7. The van der Waals surface area contributed by atoms with Crippen LogP contribution < -0.4 is 0 Å². The number of hydrogen-bond acceptors (Lipinski definition) is 5. The molecule has 5 nitrogen and oxygen atoms in total. The van der Waals surface area contributed by atoms with E-state index in [-0.39, 0.29) is 48.8 Å². The molecule has 1 N–H and O–H groups in total. The van der Waals surface area contributed by atoms with E-state index in [0.717, 1.165) is 32.1 Å². The minimum atomic E-state index is -0.444. The molecule has 0 radical (unpaired) electrons. The minimum Gasteiger partial charge on any atom is -0.457 e. The van der Waals surface area contributed by atoms with Gasteiger partial charge in [0.15, 0.2) is 0 Å². The van der Waals surface area contributed by atoms with Crippen molar-refractivity contribution < 1.29 is 24.1 Å². The first kappa shape index (κ1) is 27.2. The van der Waals surface area contributed by atoms with Gasteiger partial charge in [0.25, 0.3) is 0 Å². The van der Waals surface area contributed by atoms with Crippen LogP contribution in [0, 0.1) is 11.8 Å². The molecular formula is C29H46O5. The molecule has 3 aliphatic heterocycles. The van der Waals surface area contributed by atoms with E-state index in [2.05, 4.69) is 39.0 Å². The standard InChI is InChI=1S/C29H46O5/c1-4-5-6-7-8-9-13-28-22(3)15-14-21(2)16-24-11-10-12-25(32-24)19-26-17-23(30)18-27(33-26)20-29(31)34-28/h7-9,13-15,21-28,30H,4-6,10-12,16-20H2,1-3H3/b8-7-,13-9+,15-14+/t21-,22?,23?,24?,25?,26?,27?,28?/m0/s1. The van der Waals surface area contributed by atoms with Crippen LogP contribution in [0.15, 0.2) is 36.5 Å². The number of aliphatic hydroxyl groups excluding tert-OH is 1. The SMILES string of the molecule is CCCC/C=C\C=C\C1OC(=O)CC2CC(O)CC(CC3CCCC(C[C@@H](C)/C=C/C1C)O3)O2. The van der Waals surface area contributed by atoms with Crippen LogP contribution in [0.3, 0.4) is 0 Å². The molecular weight excluding hydrogens is 428 g/mol. The Hall–Kier alpha value is -1.43. The van der Waals surface area contributed by atoms with Gasteiger partial charge in [0, 0.05) is 12.3 Å². The van der Waals surface area contributed by atoms with Gasteiger partial charge in [-0.25, -0.2) is 0 Å². The van der Waals surface area contributed by atoms with Crippen LogP contribution in [0.5, 0.6) is 0 Å². The number of allylic oxidation sites excluding steroid dienone is 4. The highest BCUT2D eigenvalue weighted by molar-refractivity contribution is 5.70. The van der Waals surface area contributed by atoms with E-state index >= 15 is 0 Å². The molecule has 5 heteroatoms. The van der Waals surface area contributed by atoms with Gasteiger partial charge < -0.3 is 19.3 Å². The molecule has 192 valence electrons. The van der Waals surface area contributed by atoms with Crippen LogP contribution in [0.4, 0.5) is 0 Å². The van der Waals surface area contributed by atoms with Crippen LogP contribution in [-0.2, 0) is 19.0 Å². The second kappa shape index (κ2) is 14.2. The summed E-state index contributed by atoms with van der Waals surface area (Å²) in [5.41, 5.74) is 0. The molecule has 34 heavy (non-hydrogen) atoms. The lowest BCUT2D eigenvalue weighted by molar-refractivity contribution is -0.161. The van der Waals surface area contributed by atoms with Gasteiger partial charge in [-0.05, 0) is 56.9 Å². The molecule has 0 aliphatic carbocycles. The zero-order chi connectivity index (χ0) is 24.3. The monoisotopic (exact) mass is 474 g/mol. The Kier molecular flexibility index (Phi) is 11.4. The molecule has 2 saturated heterocycles. The number of unbranched alkanes of at least 4 members (excludes halogenated alkanes) is 2.